The van der Waals surface area contributed by atoms with E-state index in [1.165, 1.54) is 12.1 Å². The third-order valence-corrected chi connectivity index (χ3v) is 3.58. The van der Waals surface area contributed by atoms with E-state index in [1.807, 2.05) is 18.2 Å². The smallest absolute Gasteiger partial charge is 0.175 e. The van der Waals surface area contributed by atoms with Crippen molar-refractivity contribution in [1.29, 1.82) is 0 Å². The van der Waals surface area contributed by atoms with Crippen molar-refractivity contribution in [3.05, 3.63) is 57.8 Å². The predicted molar refractivity (Wildman–Crippen MR) is 84.2 cm³/mol. The van der Waals surface area contributed by atoms with Gasteiger partial charge in [0.1, 0.15) is 12.4 Å². The third-order valence-electron chi connectivity index (χ3n) is 2.99. The molecule has 0 aromatic heterocycles. The van der Waals surface area contributed by atoms with E-state index in [1.54, 1.807) is 13.2 Å². The summed E-state index contributed by atoms with van der Waals surface area (Å²) in [4.78, 5) is 0. The van der Waals surface area contributed by atoms with E-state index in [-0.39, 0.29) is 12.4 Å². The molecule has 112 valence electrons. The Labute approximate surface area is 132 Å². The van der Waals surface area contributed by atoms with Crippen molar-refractivity contribution in [3.8, 4) is 11.5 Å². The van der Waals surface area contributed by atoms with Crippen LogP contribution in [0.2, 0.25) is 0 Å². The van der Waals surface area contributed by atoms with Gasteiger partial charge >= 0.3 is 0 Å². The summed E-state index contributed by atoms with van der Waals surface area (Å²) < 4.78 is 25.1. The number of rotatable bonds is 6. The summed E-state index contributed by atoms with van der Waals surface area (Å²) in [5.41, 5.74) is 7.39. The maximum absolute atomic E-state index is 13.2. The molecule has 2 aromatic carbocycles. The molecule has 0 aliphatic carbocycles. The molecule has 0 spiro atoms. The number of hydrogen-bond donors (Lipinski definition) is 1. The third kappa shape index (κ3) is 4.19. The topological polar surface area (TPSA) is 44.5 Å². The molecule has 0 radical (unpaired) electrons. The van der Waals surface area contributed by atoms with Crippen LogP contribution in [0.25, 0.3) is 0 Å². The number of benzene rings is 2. The molecular weight excluding hydrogens is 337 g/mol. The van der Waals surface area contributed by atoms with Gasteiger partial charge in [0.15, 0.2) is 11.5 Å². The highest BCUT2D eigenvalue weighted by molar-refractivity contribution is 9.10. The van der Waals surface area contributed by atoms with Gasteiger partial charge in [0.2, 0.25) is 0 Å². The highest BCUT2D eigenvalue weighted by Crippen LogP contribution is 2.37. The zero-order valence-corrected chi connectivity index (χ0v) is 13.3. The van der Waals surface area contributed by atoms with Gasteiger partial charge in [-0.2, -0.15) is 0 Å². The van der Waals surface area contributed by atoms with Gasteiger partial charge in [-0.3, -0.25) is 0 Å². The Kier molecular flexibility index (Phi) is 5.59. The predicted octanol–water partition coefficient (Wildman–Crippen LogP) is 3.68. The Morgan fingerprint density at radius 2 is 2.00 bits per heavy atom. The van der Waals surface area contributed by atoms with Crippen molar-refractivity contribution in [2.45, 2.75) is 13.0 Å². The average molecular weight is 354 g/mol. The van der Waals surface area contributed by atoms with Crippen LogP contribution in [-0.4, -0.2) is 13.7 Å². The molecule has 0 heterocycles. The van der Waals surface area contributed by atoms with Gasteiger partial charge in [0.25, 0.3) is 0 Å². The van der Waals surface area contributed by atoms with E-state index in [2.05, 4.69) is 15.9 Å². The lowest BCUT2D eigenvalue weighted by Crippen LogP contribution is -2.04. The van der Waals surface area contributed by atoms with Crippen LogP contribution in [0.5, 0.6) is 11.5 Å². The molecule has 2 rings (SSSR count). The first kappa shape index (κ1) is 15.8. The first-order chi connectivity index (χ1) is 10.1. The molecule has 0 atom stereocenters. The summed E-state index contributed by atoms with van der Waals surface area (Å²) in [6, 6.07) is 10.2. The molecule has 2 N–H and O–H groups in total. The summed E-state index contributed by atoms with van der Waals surface area (Å²) in [7, 11) is 1.59. The molecule has 0 aliphatic heterocycles. The van der Waals surface area contributed by atoms with Crippen LogP contribution < -0.4 is 15.2 Å². The second-order valence-corrected chi connectivity index (χ2v) is 5.42. The van der Waals surface area contributed by atoms with E-state index in [0.29, 0.717) is 18.0 Å². The van der Waals surface area contributed by atoms with Gasteiger partial charge in [-0.15, -0.1) is 0 Å². The number of methoxy groups -OCH3 is 1. The Bertz CT molecular complexity index is 619. The fraction of sp³-hybridized carbons (Fsp3) is 0.250. The van der Waals surface area contributed by atoms with Crippen molar-refractivity contribution in [2.75, 3.05) is 13.7 Å². The molecule has 3 nitrogen and oxygen atoms in total. The van der Waals surface area contributed by atoms with Crippen molar-refractivity contribution in [1.82, 2.24) is 0 Å². The summed E-state index contributed by atoms with van der Waals surface area (Å²) in [6.07, 6.45) is 0.763. The van der Waals surface area contributed by atoms with Crippen LogP contribution in [0.1, 0.15) is 11.1 Å². The molecule has 0 bridgehead atoms. The van der Waals surface area contributed by atoms with E-state index in [9.17, 15) is 4.39 Å². The summed E-state index contributed by atoms with van der Waals surface area (Å²) in [5.74, 6) is 0.951. The average Bonchev–Trinajstić information content (AvgIpc) is 2.46. The van der Waals surface area contributed by atoms with E-state index in [4.69, 9.17) is 15.2 Å². The minimum atomic E-state index is -0.277. The van der Waals surface area contributed by atoms with Crippen LogP contribution in [0.15, 0.2) is 40.9 Å². The van der Waals surface area contributed by atoms with Gasteiger partial charge in [-0.05, 0) is 64.3 Å². The van der Waals surface area contributed by atoms with Crippen molar-refractivity contribution in [3.63, 3.8) is 0 Å². The maximum atomic E-state index is 13.2. The lowest BCUT2D eigenvalue weighted by molar-refractivity contribution is 0.282. The van der Waals surface area contributed by atoms with E-state index in [0.717, 1.165) is 22.0 Å². The zero-order valence-electron chi connectivity index (χ0n) is 11.7. The Balaban J connectivity index is 2.19. The van der Waals surface area contributed by atoms with Crippen LogP contribution in [0.3, 0.4) is 0 Å². The minimum absolute atomic E-state index is 0.267. The van der Waals surface area contributed by atoms with Crippen molar-refractivity contribution < 1.29 is 13.9 Å². The van der Waals surface area contributed by atoms with Gasteiger partial charge in [0.05, 0.1) is 11.6 Å². The SMILES string of the molecule is COc1cc(CCN)cc(Br)c1OCc1cccc(F)c1. The molecule has 0 amide bonds. The molecule has 0 saturated heterocycles. The fourth-order valence-corrected chi connectivity index (χ4v) is 2.61. The molecule has 0 aliphatic rings. The zero-order chi connectivity index (χ0) is 15.2. The minimum Gasteiger partial charge on any atom is -0.493 e. The van der Waals surface area contributed by atoms with Crippen LogP contribution in [0.4, 0.5) is 4.39 Å². The van der Waals surface area contributed by atoms with Crippen LogP contribution in [0, 0.1) is 5.82 Å². The maximum Gasteiger partial charge on any atom is 0.175 e. The molecule has 0 unspecified atom stereocenters. The normalized spacial score (nSPS) is 10.5. The summed E-state index contributed by atoms with van der Waals surface area (Å²) in [5, 5.41) is 0. The fourth-order valence-electron chi connectivity index (χ4n) is 2.01. The molecule has 2 aromatic rings. The second kappa shape index (κ2) is 7.43. The number of halogens is 2. The molecular formula is C16H17BrFNO2. The summed E-state index contributed by atoms with van der Waals surface area (Å²) >= 11 is 3.48. The first-order valence-corrected chi connectivity index (χ1v) is 7.37. The lowest BCUT2D eigenvalue weighted by Gasteiger charge is -2.14. The Morgan fingerprint density at radius 3 is 2.67 bits per heavy atom. The summed E-state index contributed by atoms with van der Waals surface area (Å²) in [6.45, 7) is 0.835. The highest BCUT2D eigenvalue weighted by Gasteiger charge is 2.12. The van der Waals surface area contributed by atoms with Gasteiger partial charge < -0.3 is 15.2 Å². The largest absolute Gasteiger partial charge is 0.493 e. The monoisotopic (exact) mass is 353 g/mol. The molecule has 0 fully saturated rings. The number of ether oxygens (including phenoxy) is 2. The van der Waals surface area contributed by atoms with Crippen LogP contribution >= 0.6 is 15.9 Å². The Hall–Kier alpha value is -1.59. The van der Waals surface area contributed by atoms with Gasteiger partial charge in [-0.1, -0.05) is 12.1 Å². The number of nitrogens with two attached hydrogens (primary N) is 1. The van der Waals surface area contributed by atoms with Gasteiger partial charge in [0, 0.05) is 0 Å². The second-order valence-electron chi connectivity index (χ2n) is 4.57. The Morgan fingerprint density at radius 1 is 1.19 bits per heavy atom. The van der Waals surface area contributed by atoms with Gasteiger partial charge in [-0.25, -0.2) is 4.39 Å². The first-order valence-electron chi connectivity index (χ1n) is 6.57. The quantitative estimate of drug-likeness (QED) is 0.861. The van der Waals surface area contributed by atoms with E-state index >= 15 is 0 Å². The van der Waals surface area contributed by atoms with Crippen LogP contribution in [-0.2, 0) is 13.0 Å². The molecule has 0 saturated carbocycles. The standard InChI is InChI=1S/C16H17BrFNO2/c1-20-15-9-11(5-6-19)8-14(17)16(15)21-10-12-3-2-4-13(18)7-12/h2-4,7-9H,5-6,10,19H2,1H3. The number of hydrogen-bond acceptors (Lipinski definition) is 3. The molecule has 5 heteroatoms. The lowest BCUT2D eigenvalue weighted by atomic mass is 10.1. The van der Waals surface area contributed by atoms with Crippen molar-refractivity contribution >= 4 is 15.9 Å². The van der Waals surface area contributed by atoms with Crippen molar-refractivity contribution in [2.24, 2.45) is 5.73 Å². The molecule has 21 heavy (non-hydrogen) atoms. The highest BCUT2D eigenvalue weighted by atomic mass is 79.9. The van der Waals surface area contributed by atoms with E-state index < -0.39 is 0 Å².